The molecule has 0 radical (unpaired) electrons. The molecule has 0 aliphatic rings. The SMILES string of the molecule is COc1ccccc1NC(=O)Cn1cnc2sc(C(=O)Nc3cc(F)ccc3C)c(C)c2c1=O. The highest BCUT2D eigenvalue weighted by Gasteiger charge is 2.21. The highest BCUT2D eigenvalue weighted by atomic mass is 32.1. The van der Waals surface area contributed by atoms with Crippen molar-refractivity contribution in [2.45, 2.75) is 20.4 Å². The fraction of sp³-hybridized carbons (Fsp3) is 0.167. The summed E-state index contributed by atoms with van der Waals surface area (Å²) < 4.78 is 20.0. The van der Waals surface area contributed by atoms with E-state index in [1.165, 1.54) is 30.1 Å². The van der Waals surface area contributed by atoms with Crippen LogP contribution < -0.4 is 20.9 Å². The van der Waals surface area contributed by atoms with Gasteiger partial charge in [-0.25, -0.2) is 9.37 Å². The predicted octanol–water partition coefficient (Wildman–Crippen LogP) is 4.11. The highest BCUT2D eigenvalue weighted by Crippen LogP contribution is 2.28. The van der Waals surface area contributed by atoms with Gasteiger partial charge in [-0.15, -0.1) is 11.3 Å². The summed E-state index contributed by atoms with van der Waals surface area (Å²) in [5.74, 6) is -0.867. The Kier molecular flexibility index (Phi) is 6.42. The number of rotatable bonds is 6. The number of carbonyl (C=O) groups excluding carboxylic acids is 2. The molecule has 2 amide bonds. The number of nitrogens with one attached hydrogen (secondary N) is 2. The van der Waals surface area contributed by atoms with Crippen LogP contribution in [0.4, 0.5) is 15.8 Å². The number of fused-ring (bicyclic) bond motifs is 1. The first-order valence-electron chi connectivity index (χ1n) is 10.3. The Balaban J connectivity index is 1.60. The van der Waals surface area contributed by atoms with E-state index in [-0.39, 0.29) is 11.9 Å². The molecule has 174 valence electrons. The van der Waals surface area contributed by atoms with Crippen molar-refractivity contribution in [3.63, 3.8) is 0 Å². The molecule has 0 saturated carbocycles. The molecular weight excluding hydrogens is 459 g/mol. The maximum Gasteiger partial charge on any atom is 0.266 e. The molecule has 2 aromatic carbocycles. The minimum Gasteiger partial charge on any atom is -0.495 e. The third-order valence-electron chi connectivity index (χ3n) is 5.27. The summed E-state index contributed by atoms with van der Waals surface area (Å²) in [6.07, 6.45) is 1.28. The number of carbonyl (C=O) groups is 2. The average Bonchev–Trinajstić information content (AvgIpc) is 3.15. The Hall–Kier alpha value is -4.05. The van der Waals surface area contributed by atoms with E-state index in [2.05, 4.69) is 15.6 Å². The van der Waals surface area contributed by atoms with Crippen molar-refractivity contribution in [3.05, 3.63) is 81.0 Å². The summed E-state index contributed by atoms with van der Waals surface area (Å²) in [5, 5.41) is 5.67. The minimum atomic E-state index is -0.468. The van der Waals surface area contributed by atoms with Gasteiger partial charge in [0.15, 0.2) is 0 Å². The quantitative estimate of drug-likeness (QED) is 0.432. The highest BCUT2D eigenvalue weighted by molar-refractivity contribution is 7.20. The van der Waals surface area contributed by atoms with Crippen LogP contribution in [0.3, 0.4) is 0 Å². The molecule has 0 atom stereocenters. The molecule has 4 aromatic rings. The van der Waals surface area contributed by atoms with E-state index in [4.69, 9.17) is 4.74 Å². The molecule has 8 nitrogen and oxygen atoms in total. The average molecular weight is 481 g/mol. The Morgan fingerprint density at radius 3 is 2.65 bits per heavy atom. The van der Waals surface area contributed by atoms with Crippen LogP contribution in [0, 0.1) is 19.7 Å². The number of aryl methyl sites for hydroxylation is 2. The standard InChI is InChI=1S/C24H21FN4O4S/c1-13-8-9-15(25)10-17(13)28-22(31)21-14(2)20-23(34-21)26-12-29(24(20)32)11-19(30)27-16-6-4-5-7-18(16)33-3/h4-10,12H,11H2,1-3H3,(H,27,30)(H,28,31). The summed E-state index contributed by atoms with van der Waals surface area (Å²) in [5.41, 5.74) is 1.55. The molecule has 34 heavy (non-hydrogen) atoms. The van der Waals surface area contributed by atoms with Crippen molar-refractivity contribution in [2.24, 2.45) is 0 Å². The first kappa shape index (κ1) is 23.1. The largest absolute Gasteiger partial charge is 0.495 e. The summed E-state index contributed by atoms with van der Waals surface area (Å²) >= 11 is 1.06. The molecule has 2 heterocycles. The molecule has 2 aromatic heterocycles. The van der Waals surface area contributed by atoms with Gasteiger partial charge in [0, 0.05) is 5.69 Å². The smallest absolute Gasteiger partial charge is 0.266 e. The first-order valence-corrected chi connectivity index (χ1v) is 11.1. The molecule has 0 fully saturated rings. The number of nitrogens with zero attached hydrogens (tertiary/aromatic N) is 2. The van der Waals surface area contributed by atoms with Crippen molar-refractivity contribution in [1.29, 1.82) is 0 Å². The molecule has 0 aliphatic heterocycles. The Morgan fingerprint density at radius 2 is 1.88 bits per heavy atom. The maximum absolute atomic E-state index is 13.6. The normalized spacial score (nSPS) is 10.8. The van der Waals surface area contributed by atoms with Gasteiger partial charge in [-0.2, -0.15) is 0 Å². The van der Waals surface area contributed by atoms with Gasteiger partial charge in [-0.05, 0) is 49.2 Å². The lowest BCUT2D eigenvalue weighted by molar-refractivity contribution is -0.116. The van der Waals surface area contributed by atoms with E-state index in [9.17, 15) is 18.8 Å². The second kappa shape index (κ2) is 9.44. The first-order chi connectivity index (χ1) is 16.3. The van der Waals surface area contributed by atoms with Crippen molar-refractivity contribution in [1.82, 2.24) is 9.55 Å². The second-order valence-corrected chi connectivity index (χ2v) is 8.57. The van der Waals surface area contributed by atoms with E-state index in [1.807, 2.05) is 0 Å². The number of benzene rings is 2. The lowest BCUT2D eigenvalue weighted by Crippen LogP contribution is -2.28. The number of para-hydroxylation sites is 2. The van der Waals surface area contributed by atoms with Crippen molar-refractivity contribution in [3.8, 4) is 5.75 Å². The summed E-state index contributed by atoms with van der Waals surface area (Å²) in [6, 6.07) is 11.0. The van der Waals surface area contributed by atoms with Gasteiger partial charge < -0.3 is 15.4 Å². The van der Waals surface area contributed by atoms with Crippen LogP contribution in [0.15, 0.2) is 53.6 Å². The van der Waals surface area contributed by atoms with E-state index < -0.39 is 23.2 Å². The van der Waals surface area contributed by atoms with E-state index in [1.54, 1.807) is 44.2 Å². The van der Waals surface area contributed by atoms with Gasteiger partial charge in [0.05, 0.1) is 29.4 Å². The summed E-state index contributed by atoms with van der Waals surface area (Å²) in [6.45, 7) is 3.14. The zero-order chi connectivity index (χ0) is 24.4. The number of aromatic nitrogens is 2. The number of ether oxygens (including phenoxy) is 1. The van der Waals surface area contributed by atoms with Gasteiger partial charge in [0.2, 0.25) is 5.91 Å². The van der Waals surface area contributed by atoms with Gasteiger partial charge in [-0.3, -0.25) is 19.0 Å². The maximum atomic E-state index is 13.6. The summed E-state index contributed by atoms with van der Waals surface area (Å²) in [4.78, 5) is 43.5. The molecule has 0 bridgehead atoms. The van der Waals surface area contributed by atoms with Crippen LogP contribution in [-0.2, 0) is 11.3 Å². The van der Waals surface area contributed by atoms with Crippen LogP contribution >= 0.6 is 11.3 Å². The van der Waals surface area contributed by atoms with Crippen LogP contribution in [0.25, 0.3) is 10.2 Å². The third-order valence-corrected chi connectivity index (χ3v) is 6.46. The fourth-order valence-corrected chi connectivity index (χ4v) is 4.52. The van der Waals surface area contributed by atoms with Gasteiger partial charge in [0.1, 0.15) is 22.9 Å². The van der Waals surface area contributed by atoms with Gasteiger partial charge in [-0.1, -0.05) is 18.2 Å². The number of halogens is 1. The molecule has 0 saturated heterocycles. The van der Waals surface area contributed by atoms with Gasteiger partial charge in [0.25, 0.3) is 11.5 Å². The third kappa shape index (κ3) is 4.53. The molecule has 4 rings (SSSR count). The number of hydrogen-bond donors (Lipinski definition) is 2. The predicted molar refractivity (Wildman–Crippen MR) is 129 cm³/mol. The second-order valence-electron chi connectivity index (χ2n) is 7.58. The van der Waals surface area contributed by atoms with E-state index in [0.717, 1.165) is 11.3 Å². The zero-order valence-corrected chi connectivity index (χ0v) is 19.5. The number of thiophene rings is 1. The molecule has 0 aliphatic carbocycles. The van der Waals surface area contributed by atoms with Crippen LogP contribution in [0.1, 0.15) is 20.8 Å². The monoisotopic (exact) mass is 480 g/mol. The molecular formula is C24H21FN4O4S. The van der Waals surface area contributed by atoms with Crippen LogP contribution in [-0.4, -0.2) is 28.5 Å². The molecule has 0 unspecified atom stereocenters. The van der Waals surface area contributed by atoms with Gasteiger partial charge >= 0.3 is 0 Å². The number of amides is 2. The van der Waals surface area contributed by atoms with Crippen molar-refractivity contribution < 1.29 is 18.7 Å². The Labute approximate surface area is 198 Å². The van der Waals surface area contributed by atoms with E-state index in [0.29, 0.717) is 38.0 Å². The van der Waals surface area contributed by atoms with E-state index >= 15 is 0 Å². The number of methoxy groups -OCH3 is 1. The molecule has 2 N–H and O–H groups in total. The molecule has 10 heteroatoms. The fourth-order valence-electron chi connectivity index (χ4n) is 3.49. The summed E-state index contributed by atoms with van der Waals surface area (Å²) in [7, 11) is 1.50. The number of anilines is 2. The minimum absolute atomic E-state index is 0.263. The lowest BCUT2D eigenvalue weighted by Gasteiger charge is -2.10. The van der Waals surface area contributed by atoms with Crippen LogP contribution in [0.5, 0.6) is 5.75 Å². The van der Waals surface area contributed by atoms with Crippen LogP contribution in [0.2, 0.25) is 0 Å². The number of hydrogen-bond acceptors (Lipinski definition) is 6. The Morgan fingerprint density at radius 1 is 1.12 bits per heavy atom. The zero-order valence-electron chi connectivity index (χ0n) is 18.6. The topological polar surface area (TPSA) is 102 Å². The lowest BCUT2D eigenvalue weighted by atomic mass is 10.1. The van der Waals surface area contributed by atoms with Crippen molar-refractivity contribution >= 4 is 44.7 Å². The molecule has 0 spiro atoms. The van der Waals surface area contributed by atoms with Crippen molar-refractivity contribution in [2.75, 3.05) is 17.7 Å². The Bertz CT molecular complexity index is 1480.